The zero-order chi connectivity index (χ0) is 11.7. The zero-order valence-electron chi connectivity index (χ0n) is 8.81. The Morgan fingerprint density at radius 3 is 3.12 bits per heavy atom. The second-order valence-corrected chi connectivity index (χ2v) is 3.79. The van der Waals surface area contributed by atoms with E-state index in [1.165, 1.54) is 12.1 Å². The van der Waals surface area contributed by atoms with Crippen molar-refractivity contribution < 1.29 is 19.0 Å². The molecule has 1 aromatic carbocycles. The Morgan fingerprint density at radius 1 is 1.69 bits per heavy atom. The predicted octanol–water partition coefficient (Wildman–Crippen LogP) is 1.50. The smallest absolute Gasteiger partial charge is 0.305 e. The Labute approximate surface area is 92.2 Å². The Balaban J connectivity index is 2.26. The van der Waals surface area contributed by atoms with E-state index in [1.54, 1.807) is 18.0 Å². The highest BCUT2D eigenvalue weighted by Crippen LogP contribution is 2.33. The van der Waals surface area contributed by atoms with Gasteiger partial charge in [0.1, 0.15) is 18.2 Å². The Bertz CT molecular complexity index is 422. The topological polar surface area (TPSA) is 49.8 Å². The molecule has 0 aromatic heterocycles. The molecule has 1 N–H and O–H groups in total. The van der Waals surface area contributed by atoms with E-state index >= 15 is 0 Å². The van der Waals surface area contributed by atoms with Gasteiger partial charge < -0.3 is 14.7 Å². The summed E-state index contributed by atoms with van der Waals surface area (Å²) in [6, 6.07) is 3.97. The van der Waals surface area contributed by atoms with Crippen molar-refractivity contribution in [2.75, 3.05) is 18.6 Å². The monoisotopic (exact) mass is 225 g/mol. The fraction of sp³-hybridized carbons (Fsp3) is 0.364. The van der Waals surface area contributed by atoms with E-state index < -0.39 is 5.97 Å². The summed E-state index contributed by atoms with van der Waals surface area (Å²) in [7, 11) is 1.74. The number of anilines is 1. The highest BCUT2D eigenvalue weighted by Gasteiger charge is 2.26. The maximum Gasteiger partial charge on any atom is 0.305 e. The van der Waals surface area contributed by atoms with E-state index in [-0.39, 0.29) is 18.3 Å². The minimum absolute atomic E-state index is 0.0214. The van der Waals surface area contributed by atoms with E-state index in [1.807, 2.05) is 0 Å². The lowest BCUT2D eigenvalue weighted by molar-refractivity contribution is -0.137. The predicted molar refractivity (Wildman–Crippen MR) is 56.3 cm³/mol. The fourth-order valence-electron chi connectivity index (χ4n) is 1.78. The first-order valence-corrected chi connectivity index (χ1v) is 4.95. The van der Waals surface area contributed by atoms with Gasteiger partial charge in [0.15, 0.2) is 0 Å². The van der Waals surface area contributed by atoms with Gasteiger partial charge in [0.25, 0.3) is 0 Å². The summed E-state index contributed by atoms with van der Waals surface area (Å²) in [5.41, 5.74) is 0.595. The molecule has 0 fully saturated rings. The number of rotatable bonds is 2. The number of aliphatic carboxylic acids is 1. The molecule has 16 heavy (non-hydrogen) atoms. The molecule has 1 unspecified atom stereocenters. The second-order valence-electron chi connectivity index (χ2n) is 3.79. The number of hydrogen-bond acceptors (Lipinski definition) is 3. The minimum atomic E-state index is -0.889. The summed E-state index contributed by atoms with van der Waals surface area (Å²) in [4.78, 5) is 12.4. The lowest BCUT2D eigenvalue weighted by atomic mass is 10.1. The number of hydrogen-bond donors (Lipinski definition) is 1. The van der Waals surface area contributed by atoms with Gasteiger partial charge in [-0.05, 0) is 12.1 Å². The lowest BCUT2D eigenvalue weighted by Crippen LogP contribution is -2.41. The van der Waals surface area contributed by atoms with Gasteiger partial charge in [-0.15, -0.1) is 0 Å². The van der Waals surface area contributed by atoms with Crippen LogP contribution in [0.25, 0.3) is 0 Å². The van der Waals surface area contributed by atoms with Gasteiger partial charge in [-0.25, -0.2) is 4.39 Å². The quantitative estimate of drug-likeness (QED) is 0.828. The number of nitrogens with zero attached hydrogens (tertiary/aromatic N) is 1. The van der Waals surface area contributed by atoms with Crippen molar-refractivity contribution in [1.82, 2.24) is 0 Å². The fourth-order valence-corrected chi connectivity index (χ4v) is 1.78. The number of benzene rings is 1. The minimum Gasteiger partial charge on any atom is -0.489 e. The molecule has 1 aliphatic heterocycles. The number of likely N-dealkylation sites (N-methyl/N-ethyl adjacent to an activating group) is 1. The van der Waals surface area contributed by atoms with Crippen LogP contribution in [0.3, 0.4) is 0 Å². The molecule has 0 amide bonds. The third kappa shape index (κ3) is 1.93. The summed E-state index contributed by atoms with van der Waals surface area (Å²) >= 11 is 0. The van der Waals surface area contributed by atoms with E-state index in [9.17, 15) is 9.18 Å². The third-order valence-corrected chi connectivity index (χ3v) is 2.69. The molecule has 2 rings (SSSR count). The van der Waals surface area contributed by atoms with E-state index in [2.05, 4.69) is 0 Å². The van der Waals surface area contributed by atoms with Crippen LogP contribution in [0.4, 0.5) is 10.1 Å². The summed E-state index contributed by atoms with van der Waals surface area (Å²) in [5.74, 6) is -0.656. The zero-order valence-corrected chi connectivity index (χ0v) is 8.81. The first kappa shape index (κ1) is 10.7. The molecule has 0 bridgehead atoms. The number of carboxylic acids is 1. The van der Waals surface area contributed by atoms with Crippen LogP contribution in [0.2, 0.25) is 0 Å². The largest absolute Gasteiger partial charge is 0.489 e. The van der Waals surface area contributed by atoms with Gasteiger partial charge >= 0.3 is 5.97 Å². The van der Waals surface area contributed by atoms with Crippen molar-refractivity contribution >= 4 is 11.7 Å². The molecule has 0 spiro atoms. The first-order valence-electron chi connectivity index (χ1n) is 4.95. The summed E-state index contributed by atoms with van der Waals surface area (Å²) < 4.78 is 18.4. The standard InChI is InChI=1S/C11H12FNO3/c1-13-8(5-11(14)15)6-16-10-3-2-7(12)4-9(10)13/h2-4,8H,5-6H2,1H3,(H,14,15). The van der Waals surface area contributed by atoms with Crippen LogP contribution in [0.1, 0.15) is 6.42 Å². The van der Waals surface area contributed by atoms with Crippen LogP contribution in [0.5, 0.6) is 5.75 Å². The first-order chi connectivity index (χ1) is 7.58. The molecule has 0 aliphatic carbocycles. The van der Waals surface area contributed by atoms with Crippen molar-refractivity contribution in [3.8, 4) is 5.75 Å². The van der Waals surface area contributed by atoms with Crippen LogP contribution in [-0.2, 0) is 4.79 Å². The second kappa shape index (κ2) is 4.00. The van der Waals surface area contributed by atoms with Crippen LogP contribution < -0.4 is 9.64 Å². The Kier molecular flexibility index (Phi) is 2.68. The van der Waals surface area contributed by atoms with Gasteiger partial charge in [-0.3, -0.25) is 4.79 Å². The summed E-state index contributed by atoms with van der Waals surface area (Å²) in [5, 5.41) is 8.73. The number of halogens is 1. The molecule has 1 atom stereocenters. The molecule has 4 nitrogen and oxygen atoms in total. The molecule has 0 saturated carbocycles. The number of carbonyl (C=O) groups is 1. The molecule has 86 valence electrons. The van der Waals surface area contributed by atoms with Crippen molar-refractivity contribution in [3.63, 3.8) is 0 Å². The number of carboxylic acid groups (broad SMARTS) is 1. The Morgan fingerprint density at radius 2 is 2.44 bits per heavy atom. The average Bonchev–Trinajstić information content (AvgIpc) is 2.22. The highest BCUT2D eigenvalue weighted by molar-refractivity contribution is 5.70. The van der Waals surface area contributed by atoms with Crippen LogP contribution in [0, 0.1) is 5.82 Å². The molecular weight excluding hydrogens is 213 g/mol. The van der Waals surface area contributed by atoms with Crippen LogP contribution in [0.15, 0.2) is 18.2 Å². The molecule has 1 aromatic rings. The third-order valence-electron chi connectivity index (χ3n) is 2.69. The molecule has 0 saturated heterocycles. The summed E-state index contributed by atoms with van der Waals surface area (Å²) in [6.45, 7) is 0.307. The normalized spacial score (nSPS) is 18.9. The maximum atomic E-state index is 13.1. The summed E-state index contributed by atoms with van der Waals surface area (Å²) in [6.07, 6.45) is -0.0214. The molecule has 0 radical (unpaired) electrons. The van der Waals surface area contributed by atoms with E-state index in [0.29, 0.717) is 18.0 Å². The molecule has 5 heteroatoms. The molecule has 1 aliphatic rings. The lowest BCUT2D eigenvalue weighted by Gasteiger charge is -2.35. The number of ether oxygens (including phenoxy) is 1. The molecule has 1 heterocycles. The van der Waals surface area contributed by atoms with Crippen molar-refractivity contribution in [1.29, 1.82) is 0 Å². The van der Waals surface area contributed by atoms with E-state index in [0.717, 1.165) is 0 Å². The van der Waals surface area contributed by atoms with Gasteiger partial charge in [-0.2, -0.15) is 0 Å². The van der Waals surface area contributed by atoms with Crippen molar-refractivity contribution in [3.05, 3.63) is 24.0 Å². The van der Waals surface area contributed by atoms with Crippen LogP contribution in [-0.4, -0.2) is 30.8 Å². The maximum absolute atomic E-state index is 13.1. The van der Waals surface area contributed by atoms with Crippen molar-refractivity contribution in [2.24, 2.45) is 0 Å². The highest BCUT2D eigenvalue weighted by atomic mass is 19.1. The van der Waals surface area contributed by atoms with E-state index in [4.69, 9.17) is 9.84 Å². The SMILES string of the molecule is CN1c2cc(F)ccc2OCC1CC(=O)O. The van der Waals surface area contributed by atoms with Gasteiger partial charge in [-0.1, -0.05) is 0 Å². The molecular formula is C11H12FNO3. The van der Waals surface area contributed by atoms with Gasteiger partial charge in [0, 0.05) is 13.1 Å². The van der Waals surface area contributed by atoms with Crippen LogP contribution >= 0.6 is 0 Å². The van der Waals surface area contributed by atoms with Gasteiger partial charge in [0.2, 0.25) is 0 Å². The average molecular weight is 225 g/mol. The number of fused-ring (bicyclic) bond motifs is 1. The Hall–Kier alpha value is -1.78. The van der Waals surface area contributed by atoms with Gasteiger partial charge in [0.05, 0.1) is 18.2 Å². The van der Waals surface area contributed by atoms with Crippen molar-refractivity contribution in [2.45, 2.75) is 12.5 Å².